The van der Waals surface area contributed by atoms with Crippen LogP contribution in [0, 0.1) is 0 Å². The van der Waals surface area contributed by atoms with Crippen molar-refractivity contribution in [1.29, 1.82) is 0 Å². The Labute approximate surface area is 99.1 Å². The smallest absolute Gasteiger partial charge is 0.312 e. The summed E-state index contributed by atoms with van der Waals surface area (Å²) in [5.41, 5.74) is 5.05. The monoisotopic (exact) mass is 246 g/mol. The lowest BCUT2D eigenvalue weighted by Gasteiger charge is -2.10. The van der Waals surface area contributed by atoms with Gasteiger partial charge in [0.1, 0.15) is 0 Å². The number of thioether (sulfide) groups is 1. The van der Waals surface area contributed by atoms with Crippen LogP contribution in [-0.2, 0) is 4.79 Å². The van der Waals surface area contributed by atoms with Gasteiger partial charge in [-0.25, -0.2) is 4.79 Å². The summed E-state index contributed by atoms with van der Waals surface area (Å²) in [6.45, 7) is 0. The summed E-state index contributed by atoms with van der Waals surface area (Å²) >= 11 is 1.83. The zero-order chi connectivity index (χ0) is 12.0. The number of urea groups is 1. The number of carbonyl (C=O) groups is 2. The molecule has 0 aliphatic carbocycles. The van der Waals surface area contributed by atoms with Crippen molar-refractivity contribution in [3.63, 3.8) is 0 Å². The maximum Gasteiger partial charge on any atom is 0.312 e. The average molecular weight is 246 g/mol. The van der Waals surface area contributed by atoms with Gasteiger partial charge in [0.2, 0.25) is 0 Å². The number of hydrogen-bond donors (Lipinski definition) is 3. The van der Waals surface area contributed by atoms with E-state index in [1.807, 2.05) is 11.8 Å². The van der Waals surface area contributed by atoms with Crippen molar-refractivity contribution in [2.75, 3.05) is 5.75 Å². The third-order valence-electron chi connectivity index (χ3n) is 2.59. The van der Waals surface area contributed by atoms with Crippen molar-refractivity contribution in [3.8, 4) is 0 Å². The molecule has 1 heterocycles. The highest BCUT2D eigenvalue weighted by Crippen LogP contribution is 2.30. The molecule has 0 spiro atoms. The van der Waals surface area contributed by atoms with E-state index in [0.29, 0.717) is 5.25 Å². The summed E-state index contributed by atoms with van der Waals surface area (Å²) in [4.78, 5) is 20.9. The topological polar surface area (TPSA) is 92.4 Å². The minimum Gasteiger partial charge on any atom is -0.481 e. The number of nitrogens with two attached hydrogens (primary N) is 1. The maximum atomic E-state index is 10.6. The van der Waals surface area contributed by atoms with Gasteiger partial charge in [-0.3, -0.25) is 4.79 Å². The van der Waals surface area contributed by atoms with Crippen LogP contribution in [0.15, 0.2) is 0 Å². The molecule has 0 aromatic heterocycles. The molecule has 2 amide bonds. The number of hydrogen-bond acceptors (Lipinski definition) is 3. The summed E-state index contributed by atoms with van der Waals surface area (Å²) in [5, 5.41) is 11.7. The fourth-order valence-corrected chi connectivity index (χ4v) is 3.28. The molecule has 16 heavy (non-hydrogen) atoms. The van der Waals surface area contributed by atoms with Gasteiger partial charge in [-0.15, -0.1) is 0 Å². The molecule has 1 fully saturated rings. The first-order valence-electron chi connectivity index (χ1n) is 5.47. The lowest BCUT2D eigenvalue weighted by molar-refractivity contribution is -0.137. The van der Waals surface area contributed by atoms with Crippen molar-refractivity contribution < 1.29 is 14.7 Å². The molecular weight excluding hydrogens is 228 g/mol. The van der Waals surface area contributed by atoms with Crippen LogP contribution in [0.4, 0.5) is 4.79 Å². The highest BCUT2D eigenvalue weighted by molar-refractivity contribution is 8.00. The zero-order valence-corrected chi connectivity index (χ0v) is 9.96. The molecule has 0 aromatic carbocycles. The number of amides is 2. The number of primary amides is 1. The Morgan fingerprint density at radius 2 is 2.19 bits per heavy atom. The molecule has 1 saturated heterocycles. The summed E-state index contributed by atoms with van der Waals surface area (Å²) in [6.07, 6.45) is 3.89. The van der Waals surface area contributed by atoms with Gasteiger partial charge in [0.25, 0.3) is 0 Å². The van der Waals surface area contributed by atoms with E-state index in [2.05, 4.69) is 5.32 Å². The summed E-state index contributed by atoms with van der Waals surface area (Å²) < 4.78 is 0. The minimum absolute atomic E-state index is 0.187. The highest BCUT2D eigenvalue weighted by Gasteiger charge is 2.25. The van der Waals surface area contributed by atoms with Crippen LogP contribution in [0.1, 0.15) is 32.1 Å². The number of carboxylic acids is 1. The van der Waals surface area contributed by atoms with Crippen LogP contribution in [0.5, 0.6) is 0 Å². The molecule has 1 aliphatic rings. The molecule has 0 bridgehead atoms. The lowest BCUT2D eigenvalue weighted by Crippen LogP contribution is -2.38. The number of aliphatic carboxylic acids is 1. The second-order valence-corrected chi connectivity index (χ2v) is 5.37. The SMILES string of the molecule is NC(=O)NC1CSC(CCCCC(=O)O)C1. The maximum absolute atomic E-state index is 10.6. The van der Waals surface area contributed by atoms with E-state index in [1.165, 1.54) is 0 Å². The molecule has 6 heteroatoms. The third kappa shape index (κ3) is 5.25. The van der Waals surface area contributed by atoms with E-state index in [4.69, 9.17) is 10.8 Å². The Hall–Kier alpha value is -0.910. The second-order valence-electron chi connectivity index (χ2n) is 4.04. The summed E-state index contributed by atoms with van der Waals surface area (Å²) in [5.74, 6) is 0.180. The zero-order valence-electron chi connectivity index (χ0n) is 9.15. The van der Waals surface area contributed by atoms with Gasteiger partial charge in [0, 0.05) is 23.5 Å². The van der Waals surface area contributed by atoms with Crippen LogP contribution in [0.3, 0.4) is 0 Å². The van der Waals surface area contributed by atoms with Crippen LogP contribution < -0.4 is 11.1 Å². The molecule has 2 atom stereocenters. The summed E-state index contributed by atoms with van der Waals surface area (Å²) in [6, 6.07) is -0.274. The first-order chi connectivity index (χ1) is 7.58. The molecule has 1 rings (SSSR count). The number of unbranched alkanes of at least 4 members (excludes halogenated alkanes) is 1. The Morgan fingerprint density at radius 1 is 1.44 bits per heavy atom. The molecule has 4 N–H and O–H groups in total. The van der Waals surface area contributed by atoms with Gasteiger partial charge in [-0.05, 0) is 19.3 Å². The molecule has 0 saturated carbocycles. The fourth-order valence-electron chi connectivity index (χ4n) is 1.86. The largest absolute Gasteiger partial charge is 0.481 e. The molecule has 2 unspecified atom stereocenters. The highest BCUT2D eigenvalue weighted by atomic mass is 32.2. The predicted molar refractivity (Wildman–Crippen MR) is 63.5 cm³/mol. The Bertz CT molecular complexity index is 260. The first-order valence-corrected chi connectivity index (χ1v) is 6.52. The minimum atomic E-state index is -0.729. The predicted octanol–water partition coefficient (Wildman–Crippen LogP) is 1.17. The third-order valence-corrected chi connectivity index (χ3v) is 4.09. The molecule has 0 radical (unpaired) electrons. The number of carboxylic acid groups (broad SMARTS) is 1. The fraction of sp³-hybridized carbons (Fsp3) is 0.800. The van der Waals surface area contributed by atoms with Crippen molar-refractivity contribution in [2.45, 2.75) is 43.4 Å². The normalized spacial score (nSPS) is 24.2. The molecule has 92 valence electrons. The van der Waals surface area contributed by atoms with E-state index in [0.717, 1.165) is 31.4 Å². The van der Waals surface area contributed by atoms with Gasteiger partial charge in [0.15, 0.2) is 0 Å². The van der Waals surface area contributed by atoms with Gasteiger partial charge in [-0.1, -0.05) is 6.42 Å². The standard InChI is InChI=1S/C10H18N2O3S/c11-10(15)12-7-5-8(16-6-7)3-1-2-4-9(13)14/h7-8H,1-6H2,(H,13,14)(H3,11,12,15). The van der Waals surface area contributed by atoms with E-state index in [-0.39, 0.29) is 12.5 Å². The quantitative estimate of drug-likeness (QED) is 0.613. The number of rotatable bonds is 6. The Kier molecular flexibility index (Phi) is 5.45. The van der Waals surface area contributed by atoms with E-state index in [9.17, 15) is 9.59 Å². The van der Waals surface area contributed by atoms with Crippen molar-refractivity contribution in [1.82, 2.24) is 5.32 Å². The van der Waals surface area contributed by atoms with E-state index >= 15 is 0 Å². The molecule has 0 aromatic rings. The molecule has 5 nitrogen and oxygen atoms in total. The Morgan fingerprint density at radius 3 is 2.81 bits per heavy atom. The van der Waals surface area contributed by atoms with Gasteiger partial charge < -0.3 is 16.2 Å². The Balaban J connectivity index is 2.07. The first kappa shape index (κ1) is 13.2. The van der Waals surface area contributed by atoms with E-state index < -0.39 is 12.0 Å². The van der Waals surface area contributed by atoms with Crippen molar-refractivity contribution in [2.24, 2.45) is 5.73 Å². The number of nitrogens with one attached hydrogen (secondary N) is 1. The van der Waals surface area contributed by atoms with Crippen LogP contribution >= 0.6 is 11.8 Å². The lowest BCUT2D eigenvalue weighted by atomic mass is 10.1. The second kappa shape index (κ2) is 6.62. The number of carbonyl (C=O) groups excluding carboxylic acids is 1. The van der Waals surface area contributed by atoms with Crippen LogP contribution in [0.2, 0.25) is 0 Å². The van der Waals surface area contributed by atoms with Crippen LogP contribution in [0.25, 0.3) is 0 Å². The average Bonchev–Trinajstić information content (AvgIpc) is 2.59. The molecule has 1 aliphatic heterocycles. The van der Waals surface area contributed by atoms with Gasteiger partial charge in [0.05, 0.1) is 0 Å². The van der Waals surface area contributed by atoms with E-state index in [1.54, 1.807) is 0 Å². The van der Waals surface area contributed by atoms with Crippen LogP contribution in [-0.4, -0.2) is 34.2 Å². The summed E-state index contributed by atoms with van der Waals surface area (Å²) in [7, 11) is 0. The van der Waals surface area contributed by atoms with Crippen molar-refractivity contribution in [3.05, 3.63) is 0 Å². The van der Waals surface area contributed by atoms with Gasteiger partial charge in [-0.2, -0.15) is 11.8 Å². The molecular formula is C10H18N2O3S. The van der Waals surface area contributed by atoms with Crippen molar-refractivity contribution >= 4 is 23.8 Å². The van der Waals surface area contributed by atoms with Gasteiger partial charge >= 0.3 is 12.0 Å².